The summed E-state index contributed by atoms with van der Waals surface area (Å²) in [6.45, 7) is 4.65. The normalized spacial score (nSPS) is 10.2. The summed E-state index contributed by atoms with van der Waals surface area (Å²) < 4.78 is 9.96. The number of rotatable bonds is 4. The molecule has 1 heterocycles. The highest BCUT2D eigenvalue weighted by Crippen LogP contribution is 2.12. The van der Waals surface area contributed by atoms with Gasteiger partial charge in [-0.25, -0.2) is 0 Å². The first-order valence-electron chi connectivity index (χ1n) is 3.77. The number of carbonyl (C=O) groups is 1. The molecular formula is C8H11NO3. The van der Waals surface area contributed by atoms with Gasteiger partial charge in [0.15, 0.2) is 12.0 Å². The lowest BCUT2D eigenvalue weighted by atomic mass is 10.2. The second kappa shape index (κ2) is 4.01. The molecule has 0 aliphatic carbocycles. The van der Waals surface area contributed by atoms with E-state index in [9.17, 15) is 4.79 Å². The molecule has 0 saturated heterocycles. The van der Waals surface area contributed by atoms with Gasteiger partial charge in [0.05, 0.1) is 12.2 Å². The number of aromatic nitrogens is 1. The van der Waals surface area contributed by atoms with Crippen LogP contribution in [0.3, 0.4) is 0 Å². The third kappa shape index (κ3) is 1.71. The smallest absolute Gasteiger partial charge is 0.172 e. The number of aldehydes is 1. The highest BCUT2D eigenvalue weighted by atomic mass is 16.5. The van der Waals surface area contributed by atoms with Crippen molar-refractivity contribution in [1.29, 1.82) is 0 Å². The molecule has 0 aromatic carbocycles. The van der Waals surface area contributed by atoms with Crippen molar-refractivity contribution >= 4 is 6.29 Å². The summed E-state index contributed by atoms with van der Waals surface area (Å²) in [6.07, 6.45) is 0.671. The Balaban J connectivity index is 2.79. The van der Waals surface area contributed by atoms with Crippen LogP contribution >= 0.6 is 0 Å². The first-order valence-corrected chi connectivity index (χ1v) is 3.77. The minimum Gasteiger partial charge on any atom is -0.377 e. The Morgan fingerprint density at radius 2 is 2.42 bits per heavy atom. The number of ether oxygens (including phenoxy) is 1. The number of hydrogen-bond acceptors (Lipinski definition) is 4. The maximum Gasteiger partial charge on any atom is 0.172 e. The van der Waals surface area contributed by atoms with E-state index >= 15 is 0 Å². The zero-order chi connectivity index (χ0) is 8.97. The minimum absolute atomic E-state index is 0.334. The second-order valence-electron chi connectivity index (χ2n) is 2.36. The van der Waals surface area contributed by atoms with Crippen LogP contribution in [0.1, 0.15) is 28.7 Å². The van der Waals surface area contributed by atoms with Gasteiger partial charge in [0.2, 0.25) is 0 Å². The van der Waals surface area contributed by atoms with E-state index in [0.717, 1.165) is 5.56 Å². The zero-order valence-corrected chi connectivity index (χ0v) is 7.16. The van der Waals surface area contributed by atoms with E-state index in [1.807, 2.05) is 6.92 Å². The fourth-order valence-electron chi connectivity index (χ4n) is 0.881. The van der Waals surface area contributed by atoms with Crippen molar-refractivity contribution < 1.29 is 14.1 Å². The lowest BCUT2D eigenvalue weighted by Crippen LogP contribution is -1.96. The summed E-state index contributed by atoms with van der Waals surface area (Å²) in [5.74, 6) is 0.644. The van der Waals surface area contributed by atoms with E-state index in [1.54, 1.807) is 6.92 Å². The highest BCUT2D eigenvalue weighted by molar-refractivity contribution is 5.74. The first kappa shape index (κ1) is 8.93. The topological polar surface area (TPSA) is 52.3 Å². The highest BCUT2D eigenvalue weighted by Gasteiger charge is 2.10. The molecule has 0 saturated carbocycles. The molecule has 1 aromatic rings. The Bertz CT molecular complexity index is 267. The molecule has 0 amide bonds. The molecule has 0 aliphatic rings. The molecule has 0 aliphatic heterocycles. The van der Waals surface area contributed by atoms with Crippen LogP contribution < -0.4 is 0 Å². The molecule has 1 rings (SSSR count). The maximum absolute atomic E-state index is 10.4. The number of hydrogen-bond donors (Lipinski definition) is 0. The molecule has 4 nitrogen and oxygen atoms in total. The number of aryl methyl sites for hydroxylation is 1. The monoisotopic (exact) mass is 169 g/mol. The molecule has 12 heavy (non-hydrogen) atoms. The fraction of sp³-hybridized carbons (Fsp3) is 0.500. The average molecular weight is 169 g/mol. The summed E-state index contributed by atoms with van der Waals surface area (Å²) in [5, 5.41) is 3.56. The molecule has 0 spiro atoms. The number of carbonyl (C=O) groups excluding carboxylic acids is 1. The van der Waals surface area contributed by atoms with Crippen LogP contribution in [0.4, 0.5) is 0 Å². The molecule has 0 bridgehead atoms. The van der Waals surface area contributed by atoms with Crippen molar-refractivity contribution in [3.05, 3.63) is 17.0 Å². The summed E-state index contributed by atoms with van der Waals surface area (Å²) in [5.41, 5.74) is 1.08. The van der Waals surface area contributed by atoms with Gasteiger partial charge < -0.3 is 9.26 Å². The molecule has 1 aromatic heterocycles. The lowest BCUT2D eigenvalue weighted by molar-refractivity contribution is 0.110. The molecule has 4 heteroatoms. The predicted octanol–water partition coefficient (Wildman–Crippen LogP) is 1.33. The third-order valence-electron chi connectivity index (χ3n) is 1.58. The van der Waals surface area contributed by atoms with E-state index in [2.05, 4.69) is 5.16 Å². The van der Waals surface area contributed by atoms with Crippen LogP contribution in [0, 0.1) is 6.92 Å². The molecule has 0 fully saturated rings. The second-order valence-corrected chi connectivity index (χ2v) is 2.36. The van der Waals surface area contributed by atoms with Gasteiger partial charge in [0, 0.05) is 6.61 Å². The summed E-state index contributed by atoms with van der Waals surface area (Å²) in [7, 11) is 0. The summed E-state index contributed by atoms with van der Waals surface area (Å²) in [6, 6.07) is 0. The third-order valence-corrected chi connectivity index (χ3v) is 1.58. The van der Waals surface area contributed by atoms with Crippen LogP contribution in [0.25, 0.3) is 0 Å². The van der Waals surface area contributed by atoms with Crippen molar-refractivity contribution in [2.75, 3.05) is 6.61 Å². The summed E-state index contributed by atoms with van der Waals surface area (Å²) >= 11 is 0. The molecule has 0 atom stereocenters. The van der Waals surface area contributed by atoms with Crippen molar-refractivity contribution in [2.45, 2.75) is 20.5 Å². The Kier molecular flexibility index (Phi) is 2.99. The summed E-state index contributed by atoms with van der Waals surface area (Å²) in [4.78, 5) is 10.4. The van der Waals surface area contributed by atoms with Gasteiger partial charge >= 0.3 is 0 Å². The maximum atomic E-state index is 10.4. The van der Waals surface area contributed by atoms with Gasteiger partial charge in [-0.15, -0.1) is 0 Å². The van der Waals surface area contributed by atoms with Crippen LogP contribution in [0.2, 0.25) is 0 Å². The van der Waals surface area contributed by atoms with Gasteiger partial charge in [-0.05, 0) is 13.8 Å². The zero-order valence-electron chi connectivity index (χ0n) is 7.16. The Morgan fingerprint density at radius 3 is 3.00 bits per heavy atom. The molecule has 0 unspecified atom stereocenters. The minimum atomic E-state index is 0.334. The quantitative estimate of drug-likeness (QED) is 0.638. The van der Waals surface area contributed by atoms with Gasteiger partial charge in [-0.2, -0.15) is 0 Å². The van der Waals surface area contributed by atoms with Crippen molar-refractivity contribution in [3.8, 4) is 0 Å². The van der Waals surface area contributed by atoms with Crippen molar-refractivity contribution in [1.82, 2.24) is 5.16 Å². The van der Waals surface area contributed by atoms with Gasteiger partial charge in [-0.1, -0.05) is 5.16 Å². The van der Waals surface area contributed by atoms with Gasteiger partial charge in [0.25, 0.3) is 0 Å². The Labute approximate surface area is 70.5 Å². The Morgan fingerprint density at radius 1 is 1.67 bits per heavy atom. The molecule has 66 valence electrons. The standard InChI is InChI=1S/C8H11NO3/c1-3-11-5-7-6(2)12-9-8(7)4-10/h4H,3,5H2,1-2H3. The molecule has 0 N–H and O–H groups in total. The Hall–Kier alpha value is -1.16. The first-order chi connectivity index (χ1) is 5.79. The van der Waals surface area contributed by atoms with Crippen molar-refractivity contribution in [2.24, 2.45) is 0 Å². The molecular weight excluding hydrogens is 158 g/mol. The van der Waals surface area contributed by atoms with Crippen LogP contribution in [0.15, 0.2) is 4.52 Å². The van der Waals surface area contributed by atoms with E-state index in [-0.39, 0.29) is 0 Å². The van der Waals surface area contributed by atoms with Gasteiger partial charge in [-0.3, -0.25) is 4.79 Å². The van der Waals surface area contributed by atoms with E-state index in [4.69, 9.17) is 9.26 Å². The van der Waals surface area contributed by atoms with E-state index in [0.29, 0.717) is 31.0 Å². The van der Waals surface area contributed by atoms with Crippen molar-refractivity contribution in [3.63, 3.8) is 0 Å². The van der Waals surface area contributed by atoms with Crippen LogP contribution in [0.5, 0.6) is 0 Å². The predicted molar refractivity (Wildman–Crippen MR) is 42.0 cm³/mol. The van der Waals surface area contributed by atoms with Gasteiger partial charge in [0.1, 0.15) is 5.76 Å². The molecule has 0 radical (unpaired) electrons. The van der Waals surface area contributed by atoms with E-state index in [1.165, 1.54) is 0 Å². The van der Waals surface area contributed by atoms with E-state index < -0.39 is 0 Å². The average Bonchev–Trinajstić information content (AvgIpc) is 2.43. The van der Waals surface area contributed by atoms with Crippen LogP contribution in [-0.2, 0) is 11.3 Å². The fourth-order valence-corrected chi connectivity index (χ4v) is 0.881. The number of nitrogens with zero attached hydrogens (tertiary/aromatic N) is 1. The van der Waals surface area contributed by atoms with Crippen LogP contribution in [-0.4, -0.2) is 18.0 Å². The SMILES string of the molecule is CCOCc1c(C=O)noc1C. The lowest BCUT2D eigenvalue weighted by Gasteiger charge is -1.97. The largest absolute Gasteiger partial charge is 0.377 e.